The predicted molar refractivity (Wildman–Crippen MR) is 59.7 cm³/mol. The molecule has 1 aliphatic heterocycles. The van der Waals surface area contributed by atoms with Crippen LogP contribution in [-0.4, -0.2) is 48.2 Å². The van der Waals surface area contributed by atoms with Crippen LogP contribution in [0.2, 0.25) is 0 Å². The fourth-order valence-corrected chi connectivity index (χ4v) is 1.75. The number of piperidine rings is 1. The maximum atomic E-state index is 5.72. The summed E-state index contributed by atoms with van der Waals surface area (Å²) < 4.78 is 10.7. The van der Waals surface area contributed by atoms with Gasteiger partial charge in [-0.2, -0.15) is 4.98 Å². The molecule has 2 heterocycles. The maximum Gasteiger partial charge on any atom is 0.319 e. The first-order valence-corrected chi connectivity index (χ1v) is 5.50. The Bertz CT molecular complexity index is 338. The Kier molecular flexibility index (Phi) is 3.56. The second kappa shape index (κ2) is 5.12. The Morgan fingerprint density at radius 2 is 2.12 bits per heavy atom. The lowest BCUT2D eigenvalue weighted by molar-refractivity contribution is 0.104. The van der Waals surface area contributed by atoms with Gasteiger partial charge in [-0.3, -0.25) is 0 Å². The van der Waals surface area contributed by atoms with Crippen LogP contribution in [0.5, 0.6) is 11.9 Å². The molecule has 16 heavy (non-hydrogen) atoms. The summed E-state index contributed by atoms with van der Waals surface area (Å²) in [5.74, 6) is 0.540. The fraction of sp³-hybridized carbons (Fsp3) is 0.636. The van der Waals surface area contributed by atoms with E-state index in [1.54, 1.807) is 19.4 Å². The summed E-state index contributed by atoms with van der Waals surface area (Å²) in [5, 5.41) is 0. The third kappa shape index (κ3) is 2.82. The number of methoxy groups -OCH3 is 1. The first-order chi connectivity index (χ1) is 7.78. The van der Waals surface area contributed by atoms with Gasteiger partial charge in [0.2, 0.25) is 5.88 Å². The third-order valence-corrected chi connectivity index (χ3v) is 2.75. The van der Waals surface area contributed by atoms with Crippen molar-refractivity contribution in [1.82, 2.24) is 14.9 Å². The highest BCUT2D eigenvalue weighted by Gasteiger charge is 2.18. The highest BCUT2D eigenvalue weighted by Crippen LogP contribution is 2.16. The zero-order valence-electron chi connectivity index (χ0n) is 9.72. The lowest BCUT2D eigenvalue weighted by Gasteiger charge is -2.28. The molecule has 1 saturated heterocycles. The quantitative estimate of drug-likeness (QED) is 0.763. The fourth-order valence-electron chi connectivity index (χ4n) is 1.75. The van der Waals surface area contributed by atoms with Crippen molar-refractivity contribution < 1.29 is 9.47 Å². The topological polar surface area (TPSA) is 47.5 Å². The highest BCUT2D eigenvalue weighted by atomic mass is 16.5. The summed E-state index contributed by atoms with van der Waals surface area (Å²) >= 11 is 0. The van der Waals surface area contributed by atoms with Crippen LogP contribution in [0.4, 0.5) is 0 Å². The number of hydrogen-bond acceptors (Lipinski definition) is 5. The summed E-state index contributed by atoms with van der Waals surface area (Å²) in [6.45, 7) is 2.13. The molecule has 0 aliphatic carbocycles. The number of nitrogens with zero attached hydrogens (tertiary/aromatic N) is 3. The third-order valence-electron chi connectivity index (χ3n) is 2.75. The van der Waals surface area contributed by atoms with Crippen molar-refractivity contribution in [2.24, 2.45) is 0 Å². The molecule has 1 aliphatic rings. The Hall–Kier alpha value is -1.36. The minimum absolute atomic E-state index is 0.225. The Morgan fingerprint density at radius 1 is 1.38 bits per heavy atom. The zero-order chi connectivity index (χ0) is 11.4. The van der Waals surface area contributed by atoms with Crippen molar-refractivity contribution in [2.45, 2.75) is 18.9 Å². The van der Waals surface area contributed by atoms with Crippen LogP contribution >= 0.6 is 0 Å². The molecule has 0 bridgehead atoms. The standard InChI is InChI=1S/C11H17N3O2/c1-14-7-4-9(5-8-14)16-11-12-6-3-10(13-11)15-2/h3,6,9H,4-5,7-8H2,1-2H3. The van der Waals surface area contributed by atoms with Crippen LogP contribution in [0, 0.1) is 0 Å². The number of likely N-dealkylation sites (tertiary alicyclic amines) is 1. The van der Waals surface area contributed by atoms with E-state index in [0.29, 0.717) is 11.9 Å². The van der Waals surface area contributed by atoms with Crippen LogP contribution in [0.3, 0.4) is 0 Å². The van der Waals surface area contributed by atoms with Gasteiger partial charge in [0.1, 0.15) is 6.10 Å². The van der Waals surface area contributed by atoms with E-state index in [4.69, 9.17) is 9.47 Å². The van der Waals surface area contributed by atoms with Gasteiger partial charge in [-0.15, -0.1) is 0 Å². The normalized spacial score (nSPS) is 18.4. The molecule has 88 valence electrons. The monoisotopic (exact) mass is 223 g/mol. The van der Waals surface area contributed by atoms with Gasteiger partial charge < -0.3 is 14.4 Å². The lowest BCUT2D eigenvalue weighted by Crippen LogP contribution is -2.35. The van der Waals surface area contributed by atoms with Crippen molar-refractivity contribution in [1.29, 1.82) is 0 Å². The number of ether oxygens (including phenoxy) is 2. The van der Waals surface area contributed by atoms with Crippen molar-refractivity contribution >= 4 is 0 Å². The van der Waals surface area contributed by atoms with Crippen LogP contribution < -0.4 is 9.47 Å². The van der Waals surface area contributed by atoms with Crippen LogP contribution in [-0.2, 0) is 0 Å². The molecular weight excluding hydrogens is 206 g/mol. The SMILES string of the molecule is COc1ccnc(OC2CCN(C)CC2)n1. The molecule has 1 fully saturated rings. The Labute approximate surface area is 95.4 Å². The molecule has 0 amide bonds. The smallest absolute Gasteiger partial charge is 0.319 e. The highest BCUT2D eigenvalue weighted by molar-refractivity contribution is 5.11. The molecule has 0 unspecified atom stereocenters. The van der Waals surface area contributed by atoms with Gasteiger partial charge in [-0.05, 0) is 19.9 Å². The van der Waals surface area contributed by atoms with Crippen LogP contribution in [0.25, 0.3) is 0 Å². The Balaban J connectivity index is 1.93. The van der Waals surface area contributed by atoms with E-state index in [1.165, 1.54) is 0 Å². The van der Waals surface area contributed by atoms with Crippen LogP contribution in [0.15, 0.2) is 12.3 Å². The molecule has 0 aromatic carbocycles. The van der Waals surface area contributed by atoms with Gasteiger partial charge in [-0.1, -0.05) is 0 Å². The van der Waals surface area contributed by atoms with E-state index >= 15 is 0 Å². The van der Waals surface area contributed by atoms with Gasteiger partial charge in [0.25, 0.3) is 0 Å². The number of rotatable bonds is 3. The Morgan fingerprint density at radius 3 is 2.81 bits per heavy atom. The predicted octanol–water partition coefficient (Wildman–Crippen LogP) is 0.958. The average Bonchev–Trinajstić information content (AvgIpc) is 2.32. The minimum atomic E-state index is 0.225. The van der Waals surface area contributed by atoms with Gasteiger partial charge in [0.15, 0.2) is 0 Å². The first kappa shape index (κ1) is 11.1. The van der Waals surface area contributed by atoms with Crippen LogP contribution in [0.1, 0.15) is 12.8 Å². The van der Waals surface area contributed by atoms with E-state index in [-0.39, 0.29) is 6.10 Å². The summed E-state index contributed by atoms with van der Waals surface area (Å²) in [5.41, 5.74) is 0. The molecule has 0 spiro atoms. The molecule has 1 aromatic heterocycles. The first-order valence-electron chi connectivity index (χ1n) is 5.50. The van der Waals surface area contributed by atoms with Crippen molar-refractivity contribution in [3.05, 3.63) is 12.3 Å². The molecule has 0 radical (unpaired) electrons. The molecule has 2 rings (SSSR count). The second-order valence-corrected chi connectivity index (χ2v) is 4.00. The van der Waals surface area contributed by atoms with Gasteiger partial charge in [0, 0.05) is 25.4 Å². The van der Waals surface area contributed by atoms with Gasteiger partial charge in [-0.25, -0.2) is 4.98 Å². The number of hydrogen-bond donors (Lipinski definition) is 0. The summed E-state index contributed by atoms with van der Waals surface area (Å²) in [6.07, 6.45) is 3.92. The molecule has 0 saturated carbocycles. The van der Waals surface area contributed by atoms with Gasteiger partial charge >= 0.3 is 6.01 Å². The molecule has 5 heteroatoms. The van der Waals surface area contributed by atoms with E-state index < -0.39 is 0 Å². The van der Waals surface area contributed by atoms with Crippen molar-refractivity contribution in [2.75, 3.05) is 27.2 Å². The van der Waals surface area contributed by atoms with E-state index in [2.05, 4.69) is 21.9 Å². The van der Waals surface area contributed by atoms with Crippen molar-refractivity contribution in [3.8, 4) is 11.9 Å². The average molecular weight is 223 g/mol. The molecule has 0 N–H and O–H groups in total. The maximum absolute atomic E-state index is 5.72. The largest absolute Gasteiger partial charge is 0.481 e. The van der Waals surface area contributed by atoms with E-state index in [0.717, 1.165) is 25.9 Å². The lowest BCUT2D eigenvalue weighted by atomic mass is 10.1. The zero-order valence-corrected chi connectivity index (χ0v) is 9.72. The van der Waals surface area contributed by atoms with E-state index in [1.807, 2.05) is 0 Å². The second-order valence-electron chi connectivity index (χ2n) is 4.00. The molecule has 0 atom stereocenters. The summed E-state index contributed by atoms with van der Waals surface area (Å²) in [7, 11) is 3.71. The van der Waals surface area contributed by atoms with Gasteiger partial charge in [0.05, 0.1) is 7.11 Å². The minimum Gasteiger partial charge on any atom is -0.481 e. The number of aromatic nitrogens is 2. The summed E-state index contributed by atoms with van der Waals surface area (Å²) in [4.78, 5) is 10.5. The summed E-state index contributed by atoms with van der Waals surface area (Å²) in [6, 6.07) is 2.12. The molecule has 1 aromatic rings. The molecular formula is C11H17N3O2. The van der Waals surface area contributed by atoms with Crippen molar-refractivity contribution in [3.63, 3.8) is 0 Å². The van der Waals surface area contributed by atoms with E-state index in [9.17, 15) is 0 Å². The molecule has 5 nitrogen and oxygen atoms in total.